The van der Waals surface area contributed by atoms with E-state index in [1.165, 1.54) is 12.1 Å². The van der Waals surface area contributed by atoms with Gasteiger partial charge < -0.3 is 14.2 Å². The number of piperidine rings is 1. The molecular formula is C25H23F3N4O2. The molecule has 5 rings (SSSR count). The van der Waals surface area contributed by atoms with Crippen LogP contribution in [0.4, 0.5) is 18.9 Å². The van der Waals surface area contributed by atoms with Gasteiger partial charge in [-0.15, -0.1) is 0 Å². The first-order valence-corrected chi connectivity index (χ1v) is 11.3. The molecule has 1 aromatic carbocycles. The van der Waals surface area contributed by atoms with E-state index in [1.54, 1.807) is 18.3 Å². The van der Waals surface area contributed by atoms with E-state index in [0.717, 1.165) is 50.5 Å². The van der Waals surface area contributed by atoms with Crippen molar-refractivity contribution in [1.82, 2.24) is 10.1 Å². The Bertz CT molecular complexity index is 1190. The Morgan fingerprint density at radius 3 is 2.50 bits per heavy atom. The summed E-state index contributed by atoms with van der Waals surface area (Å²) < 4.78 is 52.6. The molecule has 1 saturated heterocycles. The van der Waals surface area contributed by atoms with Crippen LogP contribution in [-0.4, -0.2) is 29.3 Å². The molecule has 1 saturated carbocycles. The summed E-state index contributed by atoms with van der Waals surface area (Å²) in [6.45, 7) is 1.70. The number of hydrogen-bond donors (Lipinski definition) is 0. The second-order valence-electron chi connectivity index (χ2n) is 8.70. The smallest absolute Gasteiger partial charge is 0.373 e. The molecule has 3 heterocycles. The highest BCUT2D eigenvalue weighted by Crippen LogP contribution is 2.46. The van der Waals surface area contributed by atoms with Crippen LogP contribution in [0.5, 0.6) is 0 Å². The third-order valence-electron chi connectivity index (χ3n) is 6.39. The molecule has 2 aromatic heterocycles. The molecule has 0 atom stereocenters. The van der Waals surface area contributed by atoms with Crippen LogP contribution in [0.1, 0.15) is 54.2 Å². The van der Waals surface area contributed by atoms with E-state index in [9.17, 15) is 13.2 Å². The highest BCUT2D eigenvalue weighted by molar-refractivity contribution is 5.68. The SMILES string of the molecule is N#Cc1ccc(N2CCC(OCc3c(-c4ccccc4C(F)(F)F)noc3C3CC3)CC2)cn1. The molecule has 3 aromatic rings. The maximum absolute atomic E-state index is 13.6. The molecule has 9 heteroatoms. The zero-order valence-corrected chi connectivity index (χ0v) is 18.4. The molecule has 2 fully saturated rings. The summed E-state index contributed by atoms with van der Waals surface area (Å²) in [7, 11) is 0. The van der Waals surface area contributed by atoms with Crippen molar-refractivity contribution in [2.75, 3.05) is 18.0 Å². The number of nitriles is 1. The molecular weight excluding hydrogens is 445 g/mol. The fraction of sp³-hybridized carbons (Fsp3) is 0.400. The van der Waals surface area contributed by atoms with Crippen LogP contribution in [0.15, 0.2) is 47.1 Å². The normalized spacial score (nSPS) is 17.1. The molecule has 0 amide bonds. The summed E-state index contributed by atoms with van der Waals surface area (Å²) in [6, 6.07) is 11.1. The van der Waals surface area contributed by atoms with Crippen molar-refractivity contribution in [3.8, 4) is 17.3 Å². The maximum Gasteiger partial charge on any atom is 0.417 e. The number of hydrogen-bond acceptors (Lipinski definition) is 6. The summed E-state index contributed by atoms with van der Waals surface area (Å²) in [5.41, 5.74) is 1.47. The Hall–Kier alpha value is -3.38. The summed E-state index contributed by atoms with van der Waals surface area (Å²) >= 11 is 0. The second-order valence-corrected chi connectivity index (χ2v) is 8.70. The van der Waals surface area contributed by atoms with Crippen molar-refractivity contribution >= 4 is 5.69 Å². The summed E-state index contributed by atoms with van der Waals surface area (Å²) in [5.74, 6) is 0.844. The van der Waals surface area contributed by atoms with E-state index < -0.39 is 11.7 Å². The predicted octanol–water partition coefficient (Wildman–Crippen LogP) is 5.69. The van der Waals surface area contributed by atoms with Gasteiger partial charge in [0, 0.05) is 30.1 Å². The molecule has 0 unspecified atom stereocenters. The maximum atomic E-state index is 13.6. The monoisotopic (exact) mass is 468 g/mol. The number of aromatic nitrogens is 2. The third-order valence-corrected chi connectivity index (χ3v) is 6.39. The fourth-order valence-corrected chi connectivity index (χ4v) is 4.40. The van der Waals surface area contributed by atoms with Crippen LogP contribution in [0.3, 0.4) is 0 Å². The van der Waals surface area contributed by atoms with E-state index in [4.69, 9.17) is 14.5 Å². The summed E-state index contributed by atoms with van der Waals surface area (Å²) in [5, 5.41) is 13.0. The van der Waals surface area contributed by atoms with Crippen LogP contribution in [0.2, 0.25) is 0 Å². The molecule has 0 spiro atoms. The molecule has 0 bridgehead atoms. The Labute approximate surface area is 194 Å². The number of rotatable bonds is 6. The molecule has 2 aliphatic rings. The molecule has 176 valence electrons. The largest absolute Gasteiger partial charge is 0.417 e. The Kier molecular flexibility index (Phi) is 6.00. The molecule has 6 nitrogen and oxygen atoms in total. The lowest BCUT2D eigenvalue weighted by atomic mass is 9.99. The van der Waals surface area contributed by atoms with Gasteiger partial charge in [-0.25, -0.2) is 4.98 Å². The van der Waals surface area contributed by atoms with Crippen molar-refractivity contribution in [3.63, 3.8) is 0 Å². The topological polar surface area (TPSA) is 75.2 Å². The van der Waals surface area contributed by atoms with Gasteiger partial charge in [0.1, 0.15) is 23.2 Å². The van der Waals surface area contributed by atoms with Crippen LogP contribution in [0.25, 0.3) is 11.3 Å². The summed E-state index contributed by atoms with van der Waals surface area (Å²) in [4.78, 5) is 6.31. The number of halogens is 3. The number of nitrogens with zero attached hydrogens (tertiary/aromatic N) is 4. The Morgan fingerprint density at radius 2 is 1.85 bits per heavy atom. The third kappa shape index (κ3) is 4.64. The van der Waals surface area contributed by atoms with Crippen LogP contribution >= 0.6 is 0 Å². The number of anilines is 1. The van der Waals surface area contributed by atoms with Gasteiger partial charge >= 0.3 is 6.18 Å². The van der Waals surface area contributed by atoms with Gasteiger partial charge in [-0.2, -0.15) is 18.4 Å². The first kappa shape index (κ1) is 22.4. The van der Waals surface area contributed by atoms with E-state index in [0.29, 0.717) is 17.0 Å². The van der Waals surface area contributed by atoms with Crippen molar-refractivity contribution in [3.05, 3.63) is 65.2 Å². The first-order valence-electron chi connectivity index (χ1n) is 11.3. The van der Waals surface area contributed by atoms with Crippen LogP contribution in [-0.2, 0) is 17.5 Å². The Balaban J connectivity index is 1.29. The zero-order chi connectivity index (χ0) is 23.7. The molecule has 34 heavy (non-hydrogen) atoms. The average molecular weight is 468 g/mol. The van der Waals surface area contributed by atoms with Gasteiger partial charge in [0.25, 0.3) is 0 Å². The lowest BCUT2D eigenvalue weighted by Gasteiger charge is -2.33. The van der Waals surface area contributed by atoms with Crippen molar-refractivity contribution in [1.29, 1.82) is 5.26 Å². The predicted molar refractivity (Wildman–Crippen MR) is 118 cm³/mol. The minimum atomic E-state index is -4.49. The average Bonchev–Trinajstić information content (AvgIpc) is 3.61. The van der Waals surface area contributed by atoms with Crippen molar-refractivity contribution in [2.24, 2.45) is 0 Å². The number of pyridine rings is 1. The molecule has 0 N–H and O–H groups in total. The van der Waals surface area contributed by atoms with Crippen LogP contribution in [0, 0.1) is 11.3 Å². The Morgan fingerprint density at radius 1 is 1.09 bits per heavy atom. The number of ether oxygens (including phenoxy) is 1. The molecule has 1 aliphatic carbocycles. The van der Waals surface area contributed by atoms with Gasteiger partial charge in [-0.1, -0.05) is 23.4 Å². The minimum absolute atomic E-state index is 0.0183. The lowest BCUT2D eigenvalue weighted by molar-refractivity contribution is -0.137. The summed E-state index contributed by atoms with van der Waals surface area (Å²) in [6.07, 6.45) is 0.634. The number of alkyl halides is 3. The fourth-order valence-electron chi connectivity index (χ4n) is 4.40. The minimum Gasteiger partial charge on any atom is -0.373 e. The van der Waals surface area contributed by atoms with E-state index in [-0.39, 0.29) is 29.9 Å². The highest BCUT2D eigenvalue weighted by Gasteiger charge is 2.37. The molecule has 0 radical (unpaired) electrons. The van der Waals surface area contributed by atoms with Gasteiger partial charge in [-0.3, -0.25) is 0 Å². The zero-order valence-electron chi connectivity index (χ0n) is 18.4. The van der Waals surface area contributed by atoms with Gasteiger partial charge in [-0.05, 0) is 43.9 Å². The number of benzene rings is 1. The quantitative estimate of drug-likeness (QED) is 0.463. The van der Waals surface area contributed by atoms with Gasteiger partial charge in [0.15, 0.2) is 0 Å². The van der Waals surface area contributed by atoms with Crippen molar-refractivity contribution in [2.45, 2.75) is 50.5 Å². The van der Waals surface area contributed by atoms with Gasteiger partial charge in [0.2, 0.25) is 0 Å². The van der Waals surface area contributed by atoms with Gasteiger partial charge in [0.05, 0.1) is 30.2 Å². The van der Waals surface area contributed by atoms with Crippen LogP contribution < -0.4 is 4.90 Å². The molecule has 1 aliphatic heterocycles. The van der Waals surface area contributed by atoms with Crippen molar-refractivity contribution < 1.29 is 22.4 Å². The highest BCUT2D eigenvalue weighted by atomic mass is 19.4. The first-order chi connectivity index (χ1) is 16.4. The van der Waals surface area contributed by atoms with E-state index in [1.807, 2.05) is 12.1 Å². The second kappa shape index (κ2) is 9.11. The standard InChI is InChI=1S/C25H23F3N4O2/c26-25(27,28)22-4-2-1-3-20(22)23-21(24(34-31-23)16-5-6-16)15-33-19-9-11-32(12-10-19)18-8-7-17(13-29)30-14-18/h1-4,7-8,14,16,19H,5-6,9-12,15H2. The van der Waals surface area contributed by atoms with E-state index >= 15 is 0 Å². The van der Waals surface area contributed by atoms with E-state index in [2.05, 4.69) is 15.0 Å². The lowest BCUT2D eigenvalue weighted by Crippen LogP contribution is -2.37.